The summed E-state index contributed by atoms with van der Waals surface area (Å²) in [4.78, 5) is 14.3. The number of esters is 1. The van der Waals surface area contributed by atoms with Gasteiger partial charge in [-0.1, -0.05) is 6.07 Å². The first-order valence-corrected chi connectivity index (χ1v) is 9.23. The van der Waals surface area contributed by atoms with Crippen LogP contribution in [0.1, 0.15) is 40.2 Å². The fourth-order valence-corrected chi connectivity index (χ4v) is 4.16. The van der Waals surface area contributed by atoms with Crippen molar-refractivity contribution >= 4 is 5.97 Å². The molecule has 0 fully saturated rings. The van der Waals surface area contributed by atoms with Crippen LogP contribution in [0.5, 0.6) is 5.75 Å². The fraction of sp³-hybridized carbons (Fsp3) is 0.500. The van der Waals surface area contributed by atoms with Gasteiger partial charge in [0.05, 0.1) is 19.9 Å². The third-order valence-corrected chi connectivity index (χ3v) is 5.57. The summed E-state index contributed by atoms with van der Waals surface area (Å²) in [5, 5.41) is 4.42. The van der Waals surface area contributed by atoms with Crippen LogP contribution in [0.25, 0.3) is 0 Å². The van der Waals surface area contributed by atoms with Gasteiger partial charge in [-0.3, -0.25) is 9.58 Å². The molecule has 0 spiro atoms. The van der Waals surface area contributed by atoms with Crippen molar-refractivity contribution in [1.29, 1.82) is 0 Å². The first kappa shape index (κ1) is 17.1. The van der Waals surface area contributed by atoms with E-state index >= 15 is 0 Å². The number of aryl methyl sites for hydroxylation is 2. The average molecular weight is 355 g/mol. The summed E-state index contributed by atoms with van der Waals surface area (Å²) < 4.78 is 12.2. The minimum absolute atomic E-state index is 0.365. The third-order valence-electron chi connectivity index (χ3n) is 5.57. The van der Waals surface area contributed by atoms with E-state index in [9.17, 15) is 4.79 Å². The second-order valence-electron chi connectivity index (χ2n) is 7.09. The summed E-state index contributed by atoms with van der Waals surface area (Å²) in [5.41, 5.74) is 4.34. The highest BCUT2D eigenvalue weighted by molar-refractivity contribution is 5.87. The molecule has 1 aromatic carbocycles. The molecule has 1 atom stereocenters. The lowest BCUT2D eigenvalue weighted by Crippen LogP contribution is -2.39. The number of carbonyl (C=O) groups excluding carboxylic acids is 1. The zero-order valence-corrected chi connectivity index (χ0v) is 15.4. The number of benzene rings is 1. The largest absolute Gasteiger partial charge is 0.497 e. The Morgan fingerprint density at radius 3 is 2.88 bits per heavy atom. The van der Waals surface area contributed by atoms with E-state index in [4.69, 9.17) is 9.47 Å². The molecule has 6 nitrogen and oxygen atoms in total. The Bertz CT molecular complexity index is 815. The van der Waals surface area contributed by atoms with E-state index in [1.807, 2.05) is 10.7 Å². The van der Waals surface area contributed by atoms with Crippen molar-refractivity contribution in [2.24, 2.45) is 0 Å². The van der Waals surface area contributed by atoms with Gasteiger partial charge in [-0.05, 0) is 55.0 Å². The van der Waals surface area contributed by atoms with E-state index in [0.29, 0.717) is 11.7 Å². The summed E-state index contributed by atoms with van der Waals surface area (Å²) in [7, 11) is 3.11. The van der Waals surface area contributed by atoms with Gasteiger partial charge in [0.15, 0.2) is 5.69 Å². The molecule has 138 valence electrons. The zero-order valence-electron chi connectivity index (χ0n) is 15.4. The third kappa shape index (κ3) is 3.21. The van der Waals surface area contributed by atoms with Gasteiger partial charge in [0.25, 0.3) is 0 Å². The highest BCUT2D eigenvalue weighted by atomic mass is 16.5. The van der Waals surface area contributed by atoms with Gasteiger partial charge in [0, 0.05) is 25.7 Å². The van der Waals surface area contributed by atoms with Crippen molar-refractivity contribution in [3.63, 3.8) is 0 Å². The van der Waals surface area contributed by atoms with E-state index < -0.39 is 0 Å². The fourth-order valence-electron chi connectivity index (χ4n) is 4.16. The maximum absolute atomic E-state index is 11.8. The quantitative estimate of drug-likeness (QED) is 0.792. The van der Waals surface area contributed by atoms with Crippen LogP contribution in [0.3, 0.4) is 0 Å². The topological polar surface area (TPSA) is 56.6 Å². The van der Waals surface area contributed by atoms with Gasteiger partial charge in [0.2, 0.25) is 0 Å². The predicted octanol–water partition coefficient (Wildman–Crippen LogP) is 2.44. The van der Waals surface area contributed by atoms with Crippen LogP contribution in [0, 0.1) is 0 Å². The molecule has 4 rings (SSSR count). The van der Waals surface area contributed by atoms with Crippen molar-refractivity contribution in [1.82, 2.24) is 14.7 Å². The lowest BCUT2D eigenvalue weighted by Gasteiger charge is -2.34. The lowest BCUT2D eigenvalue weighted by molar-refractivity contribution is 0.0593. The number of ether oxygens (including phenoxy) is 2. The molecule has 0 N–H and O–H groups in total. The van der Waals surface area contributed by atoms with E-state index in [1.54, 1.807) is 7.11 Å². The first-order chi connectivity index (χ1) is 12.7. The second kappa shape index (κ2) is 7.11. The molecule has 1 aliphatic carbocycles. The monoisotopic (exact) mass is 355 g/mol. The molecule has 2 aliphatic rings. The normalized spacial score (nSPS) is 20.0. The van der Waals surface area contributed by atoms with Crippen molar-refractivity contribution in [3.8, 4) is 5.75 Å². The van der Waals surface area contributed by atoms with Crippen LogP contribution in [-0.2, 0) is 30.7 Å². The number of hydrogen-bond donors (Lipinski definition) is 0. The minimum Gasteiger partial charge on any atom is -0.497 e. The maximum atomic E-state index is 11.8. The Morgan fingerprint density at radius 1 is 1.19 bits per heavy atom. The van der Waals surface area contributed by atoms with Gasteiger partial charge in [-0.15, -0.1) is 0 Å². The standard InChI is InChI=1S/C20H25N3O3/c1-25-18-7-5-14-4-6-16(10-15(14)11-18)22-8-3-9-23-17(13-22)12-19(21-23)20(24)26-2/h5,7,11-12,16H,3-4,6,8-10,13H2,1-2H3/t16-/m0/s1. The van der Waals surface area contributed by atoms with Crippen molar-refractivity contribution in [3.05, 3.63) is 46.8 Å². The summed E-state index contributed by atoms with van der Waals surface area (Å²) in [6.45, 7) is 2.73. The number of carbonyl (C=O) groups is 1. The molecular formula is C20H25N3O3. The van der Waals surface area contributed by atoms with E-state index in [0.717, 1.165) is 56.8 Å². The summed E-state index contributed by atoms with van der Waals surface area (Å²) >= 11 is 0. The Labute approximate surface area is 153 Å². The molecule has 0 unspecified atom stereocenters. The van der Waals surface area contributed by atoms with Crippen LogP contribution < -0.4 is 4.74 Å². The molecular weight excluding hydrogens is 330 g/mol. The first-order valence-electron chi connectivity index (χ1n) is 9.23. The molecule has 1 aliphatic heterocycles. The Kier molecular flexibility index (Phi) is 4.68. The predicted molar refractivity (Wildman–Crippen MR) is 97.4 cm³/mol. The van der Waals surface area contributed by atoms with Crippen LogP contribution in [-0.4, -0.2) is 47.5 Å². The SMILES string of the molecule is COC(=O)c1cc2n(n1)CCCN([C@H]1CCc3ccc(OC)cc3C1)C2. The summed E-state index contributed by atoms with van der Waals surface area (Å²) in [5.74, 6) is 0.567. The van der Waals surface area contributed by atoms with Crippen LogP contribution in [0.4, 0.5) is 0 Å². The number of rotatable bonds is 3. The molecule has 26 heavy (non-hydrogen) atoms. The van der Waals surface area contributed by atoms with Crippen LogP contribution >= 0.6 is 0 Å². The molecule has 2 aromatic rings. The molecule has 0 radical (unpaired) electrons. The van der Waals surface area contributed by atoms with E-state index in [-0.39, 0.29) is 5.97 Å². The molecule has 0 saturated carbocycles. The van der Waals surface area contributed by atoms with Gasteiger partial charge in [-0.25, -0.2) is 4.79 Å². The Balaban J connectivity index is 1.53. The molecule has 6 heteroatoms. The number of aromatic nitrogens is 2. The van der Waals surface area contributed by atoms with Gasteiger partial charge < -0.3 is 9.47 Å². The highest BCUT2D eigenvalue weighted by Crippen LogP contribution is 2.29. The average Bonchev–Trinajstić information content (AvgIpc) is 2.98. The summed E-state index contributed by atoms with van der Waals surface area (Å²) in [6, 6.07) is 8.82. The molecule has 0 amide bonds. The number of methoxy groups -OCH3 is 2. The van der Waals surface area contributed by atoms with Crippen LogP contribution in [0.2, 0.25) is 0 Å². The molecule has 2 heterocycles. The maximum Gasteiger partial charge on any atom is 0.358 e. The highest BCUT2D eigenvalue weighted by Gasteiger charge is 2.27. The minimum atomic E-state index is -0.365. The van der Waals surface area contributed by atoms with Gasteiger partial charge in [0.1, 0.15) is 5.75 Å². The molecule has 0 bridgehead atoms. The number of fused-ring (bicyclic) bond motifs is 2. The lowest BCUT2D eigenvalue weighted by atomic mass is 9.87. The molecule has 0 saturated heterocycles. The number of nitrogens with zero attached hydrogens (tertiary/aromatic N) is 3. The molecule has 1 aromatic heterocycles. The second-order valence-corrected chi connectivity index (χ2v) is 7.09. The van der Waals surface area contributed by atoms with Crippen molar-refractivity contribution in [2.45, 2.75) is 44.8 Å². The summed E-state index contributed by atoms with van der Waals surface area (Å²) in [6.07, 6.45) is 4.35. The van der Waals surface area contributed by atoms with E-state index in [1.165, 1.54) is 18.2 Å². The Morgan fingerprint density at radius 2 is 2.08 bits per heavy atom. The van der Waals surface area contributed by atoms with Crippen molar-refractivity contribution < 1.29 is 14.3 Å². The van der Waals surface area contributed by atoms with E-state index in [2.05, 4.69) is 28.2 Å². The van der Waals surface area contributed by atoms with Gasteiger partial charge in [-0.2, -0.15) is 5.10 Å². The Hall–Kier alpha value is -2.34. The van der Waals surface area contributed by atoms with Crippen LogP contribution in [0.15, 0.2) is 24.3 Å². The van der Waals surface area contributed by atoms with Crippen molar-refractivity contribution in [2.75, 3.05) is 20.8 Å². The zero-order chi connectivity index (χ0) is 18.1. The van der Waals surface area contributed by atoms with Gasteiger partial charge >= 0.3 is 5.97 Å². The smallest absolute Gasteiger partial charge is 0.358 e. The number of hydrogen-bond acceptors (Lipinski definition) is 5.